The van der Waals surface area contributed by atoms with E-state index in [-0.39, 0.29) is 22.0 Å². The zero-order valence-corrected chi connectivity index (χ0v) is 12.0. The highest BCUT2D eigenvalue weighted by Gasteiger charge is 2.34. The van der Waals surface area contributed by atoms with Crippen molar-refractivity contribution in [3.63, 3.8) is 0 Å². The van der Waals surface area contributed by atoms with E-state index in [9.17, 15) is 8.42 Å². The number of nitrogens with one attached hydrogen (secondary N) is 1. The Morgan fingerprint density at radius 2 is 2.00 bits per heavy atom. The number of sulfonamides is 1. The zero-order valence-electron chi connectivity index (χ0n) is 10.4. The zero-order chi connectivity index (χ0) is 13.3. The van der Waals surface area contributed by atoms with Crippen molar-refractivity contribution in [3.8, 4) is 0 Å². The monoisotopic (exact) mass is 288 g/mol. The van der Waals surface area contributed by atoms with Crippen LogP contribution in [0.5, 0.6) is 0 Å². The van der Waals surface area contributed by atoms with Crippen LogP contribution < -0.4 is 5.32 Å². The van der Waals surface area contributed by atoms with E-state index in [2.05, 4.69) is 5.32 Å². The number of rotatable bonds is 2. The average Bonchev–Trinajstić information content (AvgIpc) is 2.32. The standard InChI is InChI=1S/C12H17ClN2O2S/c1-9-8-15(10(2)7-14-9)18(16,17)12-6-4-3-5-11(12)13/h3-6,9-10,14H,7-8H2,1-2H3. The number of nitrogens with zero attached hydrogens (tertiary/aromatic N) is 1. The molecule has 0 aliphatic carbocycles. The topological polar surface area (TPSA) is 49.4 Å². The van der Waals surface area contributed by atoms with Crippen LogP contribution in [0.1, 0.15) is 13.8 Å². The molecule has 0 radical (unpaired) electrons. The Bertz CT molecular complexity index is 533. The summed E-state index contributed by atoms with van der Waals surface area (Å²) in [7, 11) is -3.51. The third-order valence-electron chi connectivity index (χ3n) is 3.13. The Morgan fingerprint density at radius 1 is 1.33 bits per heavy atom. The maximum Gasteiger partial charge on any atom is 0.244 e. The summed E-state index contributed by atoms with van der Waals surface area (Å²) < 4.78 is 26.7. The molecular formula is C12H17ClN2O2S. The van der Waals surface area contributed by atoms with Gasteiger partial charge in [-0.25, -0.2) is 8.42 Å². The lowest BCUT2D eigenvalue weighted by Crippen LogP contribution is -2.56. The van der Waals surface area contributed by atoms with Gasteiger partial charge in [-0.15, -0.1) is 0 Å². The van der Waals surface area contributed by atoms with Gasteiger partial charge in [-0.05, 0) is 26.0 Å². The third kappa shape index (κ3) is 2.54. The molecule has 4 nitrogen and oxygen atoms in total. The molecule has 2 atom stereocenters. The molecule has 0 aromatic heterocycles. The van der Waals surface area contributed by atoms with Crippen LogP contribution >= 0.6 is 11.6 Å². The summed E-state index contributed by atoms with van der Waals surface area (Å²) in [5.74, 6) is 0. The molecule has 18 heavy (non-hydrogen) atoms. The highest BCUT2D eigenvalue weighted by Crippen LogP contribution is 2.26. The van der Waals surface area contributed by atoms with E-state index in [0.717, 1.165) is 0 Å². The number of piperazine rings is 1. The number of halogens is 1. The first-order valence-corrected chi connectivity index (χ1v) is 7.74. The largest absolute Gasteiger partial charge is 0.311 e. The van der Waals surface area contributed by atoms with Gasteiger partial charge in [0.05, 0.1) is 5.02 Å². The third-order valence-corrected chi connectivity index (χ3v) is 5.61. The van der Waals surface area contributed by atoms with Crippen molar-refractivity contribution >= 4 is 21.6 Å². The van der Waals surface area contributed by atoms with Crippen LogP contribution in [-0.2, 0) is 10.0 Å². The fourth-order valence-electron chi connectivity index (χ4n) is 2.10. The van der Waals surface area contributed by atoms with Gasteiger partial charge in [-0.3, -0.25) is 0 Å². The first-order chi connectivity index (χ1) is 8.43. The van der Waals surface area contributed by atoms with E-state index in [1.165, 1.54) is 4.31 Å². The van der Waals surface area contributed by atoms with Gasteiger partial charge < -0.3 is 5.32 Å². The first-order valence-electron chi connectivity index (χ1n) is 5.92. The molecule has 1 aliphatic heterocycles. The molecule has 0 amide bonds. The molecule has 0 spiro atoms. The van der Waals surface area contributed by atoms with Crippen molar-refractivity contribution in [2.45, 2.75) is 30.8 Å². The summed E-state index contributed by atoms with van der Waals surface area (Å²) in [5, 5.41) is 3.53. The minimum Gasteiger partial charge on any atom is -0.311 e. The number of hydrogen-bond donors (Lipinski definition) is 1. The first kappa shape index (κ1) is 13.8. The normalized spacial score (nSPS) is 26.2. The van der Waals surface area contributed by atoms with Gasteiger partial charge in [-0.1, -0.05) is 23.7 Å². The van der Waals surface area contributed by atoms with Gasteiger partial charge in [0.15, 0.2) is 0 Å². The fraction of sp³-hybridized carbons (Fsp3) is 0.500. The number of benzene rings is 1. The molecule has 1 heterocycles. The molecule has 100 valence electrons. The molecule has 1 aromatic carbocycles. The van der Waals surface area contributed by atoms with E-state index < -0.39 is 10.0 Å². The van der Waals surface area contributed by atoms with E-state index >= 15 is 0 Å². The summed E-state index contributed by atoms with van der Waals surface area (Å²) >= 11 is 5.99. The van der Waals surface area contributed by atoms with Crippen LogP contribution in [0.15, 0.2) is 29.2 Å². The van der Waals surface area contributed by atoms with Crippen molar-refractivity contribution in [3.05, 3.63) is 29.3 Å². The minimum atomic E-state index is -3.51. The van der Waals surface area contributed by atoms with Crippen LogP contribution in [0.2, 0.25) is 5.02 Å². The van der Waals surface area contributed by atoms with E-state index in [4.69, 9.17) is 11.6 Å². The summed E-state index contributed by atoms with van der Waals surface area (Å²) in [6, 6.07) is 6.66. The van der Waals surface area contributed by atoms with Gasteiger partial charge in [0.25, 0.3) is 0 Å². The molecule has 1 fully saturated rings. The lowest BCUT2D eigenvalue weighted by Gasteiger charge is -2.36. The van der Waals surface area contributed by atoms with Crippen LogP contribution in [0.4, 0.5) is 0 Å². The molecular weight excluding hydrogens is 272 g/mol. The molecule has 0 bridgehead atoms. The highest BCUT2D eigenvalue weighted by molar-refractivity contribution is 7.89. The molecule has 1 N–H and O–H groups in total. The van der Waals surface area contributed by atoms with Crippen molar-refractivity contribution in [1.82, 2.24) is 9.62 Å². The summed E-state index contributed by atoms with van der Waals surface area (Å²) in [6.07, 6.45) is 0. The quantitative estimate of drug-likeness (QED) is 0.901. The van der Waals surface area contributed by atoms with Gasteiger partial charge in [-0.2, -0.15) is 4.31 Å². The van der Waals surface area contributed by atoms with Gasteiger partial charge in [0.1, 0.15) is 4.90 Å². The second-order valence-corrected chi connectivity index (χ2v) is 6.93. The minimum absolute atomic E-state index is 0.0672. The van der Waals surface area contributed by atoms with Crippen molar-refractivity contribution in [1.29, 1.82) is 0 Å². The lowest BCUT2D eigenvalue weighted by atomic mass is 10.2. The smallest absolute Gasteiger partial charge is 0.244 e. The molecule has 1 aromatic rings. The fourth-order valence-corrected chi connectivity index (χ4v) is 4.32. The predicted molar refractivity (Wildman–Crippen MR) is 72.3 cm³/mol. The summed E-state index contributed by atoms with van der Waals surface area (Å²) in [5.41, 5.74) is 0. The second-order valence-electron chi connectivity index (χ2n) is 4.66. The second kappa shape index (κ2) is 5.17. The molecule has 0 saturated carbocycles. The van der Waals surface area contributed by atoms with Crippen LogP contribution in [0.25, 0.3) is 0 Å². The summed E-state index contributed by atoms with van der Waals surface area (Å²) in [6.45, 7) is 4.99. The van der Waals surface area contributed by atoms with Crippen molar-refractivity contribution in [2.24, 2.45) is 0 Å². The molecule has 1 saturated heterocycles. The van der Waals surface area contributed by atoms with Crippen LogP contribution in [-0.4, -0.2) is 37.9 Å². The van der Waals surface area contributed by atoms with Gasteiger partial charge in [0, 0.05) is 25.2 Å². The summed E-state index contributed by atoms with van der Waals surface area (Å²) in [4.78, 5) is 0.188. The Morgan fingerprint density at radius 3 is 2.67 bits per heavy atom. The maximum atomic E-state index is 12.6. The van der Waals surface area contributed by atoms with E-state index in [1.807, 2.05) is 13.8 Å². The van der Waals surface area contributed by atoms with Gasteiger partial charge >= 0.3 is 0 Å². The lowest BCUT2D eigenvalue weighted by molar-refractivity contribution is 0.244. The van der Waals surface area contributed by atoms with E-state index in [1.54, 1.807) is 24.3 Å². The van der Waals surface area contributed by atoms with Crippen molar-refractivity contribution < 1.29 is 8.42 Å². The Balaban J connectivity index is 2.39. The highest BCUT2D eigenvalue weighted by atomic mass is 35.5. The molecule has 6 heteroatoms. The Labute approximate surface area is 113 Å². The van der Waals surface area contributed by atoms with Crippen molar-refractivity contribution in [2.75, 3.05) is 13.1 Å². The number of hydrogen-bond acceptors (Lipinski definition) is 3. The van der Waals surface area contributed by atoms with Crippen LogP contribution in [0, 0.1) is 0 Å². The Hall–Kier alpha value is -0.620. The SMILES string of the molecule is CC1CN(S(=O)(=O)c2ccccc2Cl)C(C)CN1. The average molecular weight is 289 g/mol. The Kier molecular flexibility index (Phi) is 3.96. The van der Waals surface area contributed by atoms with Crippen LogP contribution in [0.3, 0.4) is 0 Å². The molecule has 1 aliphatic rings. The molecule has 2 unspecified atom stereocenters. The van der Waals surface area contributed by atoms with E-state index in [0.29, 0.717) is 13.1 Å². The predicted octanol–water partition coefficient (Wildman–Crippen LogP) is 1.71. The molecule has 2 rings (SSSR count). The maximum absolute atomic E-state index is 12.6. The van der Waals surface area contributed by atoms with Gasteiger partial charge in [0.2, 0.25) is 10.0 Å².